The normalized spacial score (nSPS) is 14.3. The molecule has 184 valence electrons. The lowest BCUT2D eigenvalue weighted by Gasteiger charge is -2.25. The lowest BCUT2D eigenvalue weighted by Crippen LogP contribution is -2.30. The number of nitrogens with zero attached hydrogens (tertiary/aromatic N) is 4. The molecule has 2 aromatic heterocycles. The van der Waals surface area contributed by atoms with Gasteiger partial charge in [-0.1, -0.05) is 11.6 Å². The van der Waals surface area contributed by atoms with Crippen LogP contribution in [-0.4, -0.2) is 36.3 Å². The van der Waals surface area contributed by atoms with Crippen molar-refractivity contribution in [3.63, 3.8) is 0 Å². The molecule has 1 fully saturated rings. The number of benzene rings is 2. The van der Waals surface area contributed by atoms with Crippen LogP contribution in [0.5, 0.6) is 11.5 Å². The summed E-state index contributed by atoms with van der Waals surface area (Å²) in [6.45, 7) is 1.84. The van der Waals surface area contributed by atoms with Crippen LogP contribution in [0.1, 0.15) is 24.4 Å². The van der Waals surface area contributed by atoms with Crippen molar-refractivity contribution in [2.45, 2.75) is 23.8 Å². The zero-order valence-electron chi connectivity index (χ0n) is 18.9. The zero-order chi connectivity index (χ0) is 25.1. The van der Waals surface area contributed by atoms with Gasteiger partial charge in [0.1, 0.15) is 17.6 Å². The monoisotopic (exact) mass is 540 g/mol. The molecule has 36 heavy (non-hydrogen) atoms. The Labute approximate surface area is 217 Å². The summed E-state index contributed by atoms with van der Waals surface area (Å²) in [7, 11) is -3.92. The van der Waals surface area contributed by atoms with Crippen molar-refractivity contribution < 1.29 is 13.2 Å². The van der Waals surface area contributed by atoms with Crippen LogP contribution in [0.3, 0.4) is 0 Å². The van der Waals surface area contributed by atoms with Crippen molar-refractivity contribution in [2.24, 2.45) is 0 Å². The van der Waals surface area contributed by atoms with E-state index in [9.17, 15) is 13.7 Å². The van der Waals surface area contributed by atoms with Gasteiger partial charge in [-0.2, -0.15) is 10.4 Å². The molecule has 0 spiro atoms. The summed E-state index contributed by atoms with van der Waals surface area (Å²) in [6, 6.07) is 13.6. The summed E-state index contributed by atoms with van der Waals surface area (Å²) in [6.07, 6.45) is 3.65. The van der Waals surface area contributed by atoms with Gasteiger partial charge in [0.2, 0.25) is 0 Å². The summed E-state index contributed by atoms with van der Waals surface area (Å²) in [5.41, 5.74) is 3.17. The molecule has 1 aliphatic heterocycles. The third-order valence-corrected chi connectivity index (χ3v) is 7.99. The molecule has 0 radical (unpaired) electrons. The van der Waals surface area contributed by atoms with E-state index in [0.717, 1.165) is 37.2 Å². The molecular formula is C24H21ClN6O3S2. The molecule has 1 aliphatic rings. The Morgan fingerprint density at radius 2 is 1.97 bits per heavy atom. The maximum Gasteiger partial charge on any atom is 0.263 e. The summed E-state index contributed by atoms with van der Waals surface area (Å²) >= 11 is 7.61. The molecule has 0 unspecified atom stereocenters. The van der Waals surface area contributed by atoms with Crippen LogP contribution in [0.2, 0.25) is 5.02 Å². The van der Waals surface area contributed by atoms with Crippen molar-refractivity contribution in [1.82, 2.24) is 20.1 Å². The average molecular weight is 541 g/mol. The minimum Gasteiger partial charge on any atom is -0.455 e. The lowest BCUT2D eigenvalue weighted by atomic mass is 10.1. The molecule has 9 nitrogen and oxygen atoms in total. The number of thiazole rings is 1. The van der Waals surface area contributed by atoms with E-state index in [1.807, 2.05) is 16.8 Å². The first-order chi connectivity index (χ1) is 17.4. The topological polar surface area (TPSA) is 122 Å². The minimum absolute atomic E-state index is 0.0697. The van der Waals surface area contributed by atoms with Gasteiger partial charge in [-0.3, -0.25) is 9.40 Å². The number of ether oxygens (including phenoxy) is 1. The highest BCUT2D eigenvalue weighted by Crippen LogP contribution is 2.38. The molecule has 1 saturated heterocycles. The van der Waals surface area contributed by atoms with Crippen LogP contribution in [-0.2, 0) is 10.0 Å². The molecule has 0 bridgehead atoms. The Balaban J connectivity index is 1.48. The van der Waals surface area contributed by atoms with Gasteiger partial charge < -0.3 is 10.1 Å². The Kier molecular flexibility index (Phi) is 6.93. The Hall–Kier alpha value is -3.43. The Morgan fingerprint density at radius 3 is 2.72 bits per heavy atom. The first-order valence-electron chi connectivity index (χ1n) is 11.1. The van der Waals surface area contributed by atoms with E-state index in [2.05, 4.69) is 20.1 Å². The van der Waals surface area contributed by atoms with E-state index in [-0.39, 0.29) is 28.1 Å². The second-order valence-electron chi connectivity index (χ2n) is 8.13. The number of rotatable bonds is 7. The smallest absolute Gasteiger partial charge is 0.263 e. The fourth-order valence-corrected chi connectivity index (χ4v) is 5.85. The number of anilines is 1. The largest absolute Gasteiger partial charge is 0.455 e. The van der Waals surface area contributed by atoms with Crippen molar-refractivity contribution in [1.29, 1.82) is 5.26 Å². The van der Waals surface area contributed by atoms with Crippen LogP contribution < -0.4 is 14.8 Å². The van der Waals surface area contributed by atoms with E-state index in [0.29, 0.717) is 10.8 Å². The number of nitrogens with one attached hydrogen (secondary N) is 2. The number of nitriles is 1. The third-order valence-electron chi connectivity index (χ3n) is 5.82. The van der Waals surface area contributed by atoms with Crippen molar-refractivity contribution in [2.75, 3.05) is 17.8 Å². The average Bonchev–Trinajstić information content (AvgIpc) is 3.58. The number of sulfonamides is 1. The summed E-state index contributed by atoms with van der Waals surface area (Å²) in [5, 5.41) is 19.8. The summed E-state index contributed by atoms with van der Waals surface area (Å²) < 4.78 is 36.0. The van der Waals surface area contributed by atoms with Gasteiger partial charge in [-0.05, 0) is 68.4 Å². The molecule has 4 aromatic rings. The van der Waals surface area contributed by atoms with Gasteiger partial charge in [0.25, 0.3) is 10.0 Å². The highest BCUT2D eigenvalue weighted by Gasteiger charge is 2.22. The predicted molar refractivity (Wildman–Crippen MR) is 138 cm³/mol. The first kappa shape index (κ1) is 24.3. The second kappa shape index (κ2) is 10.3. The van der Waals surface area contributed by atoms with Crippen molar-refractivity contribution in [3.05, 3.63) is 70.1 Å². The molecule has 0 aliphatic carbocycles. The molecule has 0 amide bonds. The molecule has 3 heterocycles. The van der Waals surface area contributed by atoms with Crippen LogP contribution >= 0.6 is 22.9 Å². The highest BCUT2D eigenvalue weighted by molar-refractivity contribution is 7.92. The molecular weight excluding hydrogens is 520 g/mol. The Morgan fingerprint density at radius 1 is 1.17 bits per heavy atom. The lowest BCUT2D eigenvalue weighted by molar-refractivity contribution is 0.345. The third kappa shape index (κ3) is 5.08. The van der Waals surface area contributed by atoms with Crippen LogP contribution in [0.25, 0.3) is 11.3 Å². The van der Waals surface area contributed by atoms with Gasteiger partial charge in [-0.25, -0.2) is 13.4 Å². The standard InChI is InChI=1S/C24H21ClN6O3S2/c25-17-1-3-23(20(12-17)21-7-10-29-31(21)18-5-8-27-9-6-18)34-22-4-2-19(11-16(22)13-26)36(32,33)30-24-14-35-15-28-24/h1-4,7,10-12,14-15,18,27,30H,5-6,8-9H2. The number of hydrogen-bond acceptors (Lipinski definition) is 8. The molecule has 0 saturated carbocycles. The van der Waals surface area contributed by atoms with Gasteiger partial charge in [-0.15, -0.1) is 11.3 Å². The quantitative estimate of drug-likeness (QED) is 0.336. The van der Waals surface area contributed by atoms with Gasteiger partial charge in [0.15, 0.2) is 5.82 Å². The number of hydrogen-bond donors (Lipinski definition) is 2. The maximum atomic E-state index is 12.7. The second-order valence-corrected chi connectivity index (χ2v) is 11.0. The van der Waals surface area contributed by atoms with E-state index in [4.69, 9.17) is 16.3 Å². The SMILES string of the molecule is N#Cc1cc(S(=O)(=O)Nc2cscn2)ccc1Oc1ccc(Cl)cc1-c1ccnn1C1CCNCC1. The number of halogens is 1. The van der Waals surface area contributed by atoms with E-state index >= 15 is 0 Å². The van der Waals surface area contributed by atoms with Crippen LogP contribution in [0.15, 0.2) is 64.4 Å². The minimum atomic E-state index is -3.92. The first-order valence-corrected chi connectivity index (χ1v) is 13.9. The van der Waals surface area contributed by atoms with E-state index in [1.54, 1.807) is 29.8 Å². The molecule has 12 heteroatoms. The van der Waals surface area contributed by atoms with Crippen molar-refractivity contribution in [3.8, 4) is 28.8 Å². The fourth-order valence-electron chi connectivity index (χ4n) is 4.09. The van der Waals surface area contributed by atoms with E-state index in [1.165, 1.54) is 35.0 Å². The van der Waals surface area contributed by atoms with Crippen molar-refractivity contribution >= 4 is 38.8 Å². The Bertz CT molecular complexity index is 1520. The van der Waals surface area contributed by atoms with E-state index < -0.39 is 10.0 Å². The molecule has 5 rings (SSSR count). The van der Waals surface area contributed by atoms with Gasteiger partial charge >= 0.3 is 0 Å². The zero-order valence-corrected chi connectivity index (χ0v) is 21.3. The highest BCUT2D eigenvalue weighted by atomic mass is 35.5. The fraction of sp³-hybridized carbons (Fsp3) is 0.208. The van der Waals surface area contributed by atoms with Crippen LogP contribution in [0, 0.1) is 11.3 Å². The molecule has 2 aromatic carbocycles. The summed E-state index contributed by atoms with van der Waals surface area (Å²) in [5.74, 6) is 0.916. The number of aromatic nitrogens is 3. The summed E-state index contributed by atoms with van der Waals surface area (Å²) in [4.78, 5) is 3.87. The number of piperidine rings is 1. The van der Waals surface area contributed by atoms with Gasteiger partial charge in [0, 0.05) is 22.2 Å². The predicted octanol–water partition coefficient (Wildman–Crippen LogP) is 5.05. The molecule has 0 atom stereocenters. The van der Waals surface area contributed by atoms with Crippen LogP contribution in [0.4, 0.5) is 5.82 Å². The maximum absolute atomic E-state index is 12.7. The van der Waals surface area contributed by atoms with Gasteiger partial charge in [0.05, 0.1) is 27.7 Å². The molecule has 2 N–H and O–H groups in total.